The van der Waals surface area contributed by atoms with E-state index < -0.39 is 6.43 Å². The molecule has 5 heteroatoms. The number of para-hydroxylation sites is 1. The van der Waals surface area contributed by atoms with Crippen LogP contribution in [0.4, 0.5) is 14.6 Å². The monoisotopic (exact) mass is 328 g/mol. The quantitative estimate of drug-likeness (QED) is 0.771. The zero-order valence-electron chi connectivity index (χ0n) is 10.6. The zero-order valence-corrected chi connectivity index (χ0v) is 12.2. The highest BCUT2D eigenvalue weighted by molar-refractivity contribution is 9.09. The van der Waals surface area contributed by atoms with E-state index in [1.54, 1.807) is 4.90 Å². The van der Waals surface area contributed by atoms with Crippen molar-refractivity contribution in [3.05, 3.63) is 35.9 Å². The van der Waals surface area contributed by atoms with Crippen molar-refractivity contribution in [2.24, 2.45) is 0 Å². The molecule has 0 aliphatic carbocycles. The Labute approximate surface area is 119 Å². The molecule has 0 unspecified atom stereocenters. The molecule has 0 aliphatic heterocycles. The van der Waals surface area contributed by atoms with E-state index in [1.807, 2.05) is 37.3 Å². The van der Waals surface area contributed by atoms with Crippen molar-refractivity contribution in [3.8, 4) is 0 Å². The molecule has 0 atom stereocenters. The fraction of sp³-hybridized carbons (Fsp3) is 0.357. The first-order valence-electron chi connectivity index (χ1n) is 6.07. The molecule has 2 aromatic rings. The lowest BCUT2D eigenvalue weighted by Crippen LogP contribution is -2.32. The number of hydrogen-bond donors (Lipinski definition) is 0. The second-order valence-electron chi connectivity index (χ2n) is 4.35. The highest BCUT2D eigenvalue weighted by atomic mass is 79.9. The van der Waals surface area contributed by atoms with Gasteiger partial charge in [0, 0.05) is 17.3 Å². The lowest BCUT2D eigenvalue weighted by molar-refractivity contribution is 0.155. The fourth-order valence-electron chi connectivity index (χ4n) is 2.08. The van der Waals surface area contributed by atoms with Crippen molar-refractivity contribution in [1.82, 2.24) is 4.98 Å². The van der Waals surface area contributed by atoms with Crippen molar-refractivity contribution in [1.29, 1.82) is 0 Å². The molecule has 2 nitrogen and oxygen atoms in total. The molecule has 0 amide bonds. The van der Waals surface area contributed by atoms with Crippen LogP contribution in [0.5, 0.6) is 0 Å². The molecule has 102 valence electrons. The number of aryl methyl sites for hydroxylation is 1. The summed E-state index contributed by atoms with van der Waals surface area (Å²) in [5, 5.41) is 1.66. The number of hydrogen-bond acceptors (Lipinski definition) is 2. The van der Waals surface area contributed by atoms with E-state index in [2.05, 4.69) is 20.9 Å². The third kappa shape index (κ3) is 3.41. The first kappa shape index (κ1) is 14.2. The van der Waals surface area contributed by atoms with Crippen molar-refractivity contribution < 1.29 is 8.78 Å². The minimum Gasteiger partial charge on any atom is -0.350 e. The van der Waals surface area contributed by atoms with Crippen LogP contribution in [0, 0.1) is 6.92 Å². The standard InChI is InChI=1S/C14H15BrF2N2/c1-10-8-11-4-2-3-5-12(11)18-14(10)19(7-6-15)9-13(16)17/h2-5,8,13H,6-7,9H2,1H3. The maximum Gasteiger partial charge on any atom is 0.255 e. The van der Waals surface area contributed by atoms with Gasteiger partial charge >= 0.3 is 0 Å². The third-order valence-electron chi connectivity index (χ3n) is 2.90. The maximum absolute atomic E-state index is 12.7. The lowest BCUT2D eigenvalue weighted by atomic mass is 10.1. The van der Waals surface area contributed by atoms with Crippen LogP contribution < -0.4 is 4.90 Å². The van der Waals surface area contributed by atoms with Crippen molar-refractivity contribution in [2.45, 2.75) is 13.3 Å². The third-order valence-corrected chi connectivity index (χ3v) is 3.25. The number of benzene rings is 1. The molecule has 0 aliphatic rings. The highest BCUT2D eigenvalue weighted by Gasteiger charge is 2.16. The van der Waals surface area contributed by atoms with Gasteiger partial charge in [-0.15, -0.1) is 0 Å². The summed E-state index contributed by atoms with van der Waals surface area (Å²) < 4.78 is 25.3. The van der Waals surface area contributed by atoms with Gasteiger partial charge in [-0.05, 0) is 24.6 Å². The number of fused-ring (bicyclic) bond motifs is 1. The van der Waals surface area contributed by atoms with Gasteiger partial charge in [-0.25, -0.2) is 13.8 Å². The number of anilines is 1. The fourth-order valence-corrected chi connectivity index (χ4v) is 2.51. The maximum atomic E-state index is 12.7. The van der Waals surface area contributed by atoms with E-state index in [4.69, 9.17) is 0 Å². The van der Waals surface area contributed by atoms with Gasteiger partial charge in [-0.3, -0.25) is 0 Å². The number of rotatable bonds is 5. The van der Waals surface area contributed by atoms with E-state index in [9.17, 15) is 8.78 Å². The topological polar surface area (TPSA) is 16.1 Å². The van der Waals surface area contributed by atoms with E-state index in [1.165, 1.54) is 0 Å². The Kier molecular flexibility index (Phi) is 4.69. The SMILES string of the molecule is Cc1cc2ccccc2nc1N(CCBr)CC(F)F. The molecule has 0 fully saturated rings. The predicted octanol–water partition coefficient (Wildman–Crippen LogP) is 4.01. The molecule has 0 saturated carbocycles. The Bertz CT molecular complexity index is 560. The molecule has 1 aromatic heterocycles. The summed E-state index contributed by atoms with van der Waals surface area (Å²) >= 11 is 3.30. The first-order chi connectivity index (χ1) is 9.11. The van der Waals surface area contributed by atoms with E-state index in [0.29, 0.717) is 17.7 Å². The summed E-state index contributed by atoms with van der Waals surface area (Å²) in [7, 11) is 0. The van der Waals surface area contributed by atoms with Crippen molar-refractivity contribution in [2.75, 3.05) is 23.3 Å². The number of halogens is 3. The van der Waals surface area contributed by atoms with Gasteiger partial charge in [-0.2, -0.15) is 0 Å². The van der Waals surface area contributed by atoms with Crippen LogP contribution in [0.1, 0.15) is 5.56 Å². The minimum atomic E-state index is -2.37. The summed E-state index contributed by atoms with van der Waals surface area (Å²) in [5.74, 6) is 0.637. The minimum absolute atomic E-state index is 0.294. The number of aromatic nitrogens is 1. The Morgan fingerprint density at radius 2 is 2.05 bits per heavy atom. The van der Waals surface area contributed by atoms with Crippen LogP contribution in [-0.2, 0) is 0 Å². The Morgan fingerprint density at radius 3 is 2.74 bits per heavy atom. The van der Waals surface area contributed by atoms with E-state index >= 15 is 0 Å². The molecule has 1 heterocycles. The van der Waals surface area contributed by atoms with Gasteiger partial charge < -0.3 is 4.90 Å². The number of nitrogens with zero attached hydrogens (tertiary/aromatic N) is 2. The average Bonchev–Trinajstić information content (AvgIpc) is 2.37. The zero-order chi connectivity index (χ0) is 13.8. The van der Waals surface area contributed by atoms with Crippen molar-refractivity contribution in [3.63, 3.8) is 0 Å². The molecule has 0 N–H and O–H groups in total. The summed E-state index contributed by atoms with van der Waals surface area (Å²) in [4.78, 5) is 6.14. The Balaban J connectivity index is 2.43. The van der Waals surface area contributed by atoms with Crippen LogP contribution in [-0.4, -0.2) is 29.8 Å². The van der Waals surface area contributed by atoms with Crippen LogP contribution in [0.25, 0.3) is 10.9 Å². The summed E-state index contributed by atoms with van der Waals surface area (Å²) in [6, 6.07) is 9.70. The number of pyridine rings is 1. The van der Waals surface area contributed by atoms with Crippen LogP contribution >= 0.6 is 15.9 Å². The van der Waals surface area contributed by atoms with Gasteiger partial charge in [0.25, 0.3) is 6.43 Å². The van der Waals surface area contributed by atoms with Crippen LogP contribution in [0.2, 0.25) is 0 Å². The molecule has 0 spiro atoms. The van der Waals surface area contributed by atoms with Crippen LogP contribution in [0.3, 0.4) is 0 Å². The highest BCUT2D eigenvalue weighted by Crippen LogP contribution is 2.23. The molecule has 0 bridgehead atoms. The second-order valence-corrected chi connectivity index (χ2v) is 5.14. The van der Waals surface area contributed by atoms with Gasteiger partial charge in [0.2, 0.25) is 0 Å². The summed E-state index contributed by atoms with van der Waals surface area (Å²) in [5.41, 5.74) is 1.75. The number of alkyl halides is 3. The van der Waals surface area contributed by atoms with Gasteiger partial charge in [-0.1, -0.05) is 34.1 Å². The predicted molar refractivity (Wildman–Crippen MR) is 78.5 cm³/mol. The molecule has 1 aromatic carbocycles. The van der Waals surface area contributed by atoms with Crippen molar-refractivity contribution >= 4 is 32.7 Å². The average molecular weight is 329 g/mol. The summed E-state index contributed by atoms with van der Waals surface area (Å²) in [6.07, 6.45) is -2.37. The Hall–Kier alpha value is -1.23. The van der Waals surface area contributed by atoms with E-state index in [-0.39, 0.29) is 6.54 Å². The molecule has 2 rings (SSSR count). The normalized spacial score (nSPS) is 11.2. The smallest absolute Gasteiger partial charge is 0.255 e. The lowest BCUT2D eigenvalue weighted by Gasteiger charge is -2.24. The van der Waals surface area contributed by atoms with Gasteiger partial charge in [0.1, 0.15) is 5.82 Å². The molecule has 19 heavy (non-hydrogen) atoms. The molecule has 0 radical (unpaired) electrons. The summed E-state index contributed by atoms with van der Waals surface area (Å²) in [6.45, 7) is 2.12. The molecule has 0 saturated heterocycles. The van der Waals surface area contributed by atoms with Gasteiger partial charge in [0.15, 0.2) is 0 Å². The first-order valence-corrected chi connectivity index (χ1v) is 7.19. The van der Waals surface area contributed by atoms with Crippen LogP contribution in [0.15, 0.2) is 30.3 Å². The Morgan fingerprint density at radius 1 is 1.32 bits per heavy atom. The second kappa shape index (κ2) is 6.28. The van der Waals surface area contributed by atoms with Gasteiger partial charge in [0.05, 0.1) is 12.1 Å². The van der Waals surface area contributed by atoms with E-state index in [0.717, 1.165) is 16.5 Å². The largest absolute Gasteiger partial charge is 0.350 e. The molecular formula is C14H15BrF2N2. The molecular weight excluding hydrogens is 314 g/mol.